The highest BCUT2D eigenvalue weighted by Crippen LogP contribution is 2.32. The summed E-state index contributed by atoms with van der Waals surface area (Å²) in [6.07, 6.45) is 0.335. The standard InChI is InChI=1S/C20H20ClFN4O/c1-12(19-25-16-7-4-14(21)8-17(16)26-19)24-18(27)9-20(10-23-11-20)13-2-5-15(22)6-3-13/h2-8,12,23H,9-11H2,1H3,(H,24,27)(H,25,26). The van der Waals surface area contributed by atoms with Gasteiger partial charge in [-0.15, -0.1) is 0 Å². The fraction of sp³-hybridized carbons (Fsp3) is 0.300. The van der Waals surface area contributed by atoms with Crippen molar-refractivity contribution in [3.8, 4) is 0 Å². The smallest absolute Gasteiger partial charge is 0.221 e. The number of aromatic nitrogens is 2. The molecule has 0 spiro atoms. The van der Waals surface area contributed by atoms with Crippen molar-refractivity contribution in [3.05, 3.63) is 64.7 Å². The first kappa shape index (κ1) is 17.9. The van der Waals surface area contributed by atoms with E-state index in [9.17, 15) is 9.18 Å². The molecule has 1 fully saturated rings. The zero-order chi connectivity index (χ0) is 19.0. The van der Waals surface area contributed by atoms with Gasteiger partial charge in [0.1, 0.15) is 11.6 Å². The summed E-state index contributed by atoms with van der Waals surface area (Å²) in [4.78, 5) is 20.4. The molecule has 1 saturated heterocycles. The van der Waals surface area contributed by atoms with Crippen molar-refractivity contribution in [2.24, 2.45) is 0 Å². The minimum atomic E-state index is -0.293. The van der Waals surface area contributed by atoms with Gasteiger partial charge in [0.05, 0.1) is 17.1 Å². The Morgan fingerprint density at radius 3 is 2.70 bits per heavy atom. The quantitative estimate of drug-likeness (QED) is 0.629. The number of amides is 1. The molecule has 3 aromatic rings. The van der Waals surface area contributed by atoms with Crippen molar-refractivity contribution in [1.29, 1.82) is 0 Å². The number of rotatable bonds is 5. The predicted octanol–water partition coefficient (Wildman–Crippen LogP) is 3.46. The summed E-state index contributed by atoms with van der Waals surface area (Å²) in [5.41, 5.74) is 2.33. The van der Waals surface area contributed by atoms with Crippen LogP contribution in [-0.2, 0) is 10.2 Å². The molecule has 4 rings (SSSR count). The summed E-state index contributed by atoms with van der Waals surface area (Å²) in [5, 5.41) is 6.87. The first-order valence-electron chi connectivity index (χ1n) is 8.86. The van der Waals surface area contributed by atoms with E-state index in [0.29, 0.717) is 30.4 Å². The maximum Gasteiger partial charge on any atom is 0.221 e. The van der Waals surface area contributed by atoms with E-state index in [1.807, 2.05) is 19.1 Å². The van der Waals surface area contributed by atoms with Gasteiger partial charge in [0.25, 0.3) is 0 Å². The molecule has 1 aromatic heterocycles. The number of nitrogens with one attached hydrogen (secondary N) is 3. The van der Waals surface area contributed by atoms with Gasteiger partial charge < -0.3 is 15.6 Å². The minimum absolute atomic E-state index is 0.0631. The van der Waals surface area contributed by atoms with E-state index in [1.54, 1.807) is 18.2 Å². The van der Waals surface area contributed by atoms with Gasteiger partial charge in [-0.2, -0.15) is 0 Å². The van der Waals surface area contributed by atoms with Crippen LogP contribution < -0.4 is 10.6 Å². The number of carbonyl (C=O) groups is 1. The average molecular weight is 387 g/mol. The lowest BCUT2D eigenvalue weighted by Crippen LogP contribution is -2.58. The molecule has 7 heteroatoms. The fourth-order valence-electron chi connectivity index (χ4n) is 3.54. The molecule has 140 valence electrons. The molecule has 5 nitrogen and oxygen atoms in total. The molecule has 27 heavy (non-hydrogen) atoms. The number of H-pyrrole nitrogens is 1. The third-order valence-electron chi connectivity index (χ3n) is 5.13. The lowest BCUT2D eigenvalue weighted by Gasteiger charge is -2.43. The Labute approximate surface area is 161 Å². The van der Waals surface area contributed by atoms with Crippen LogP contribution in [0.25, 0.3) is 11.0 Å². The summed E-state index contributed by atoms with van der Waals surface area (Å²) in [5.74, 6) is 0.347. The highest BCUT2D eigenvalue weighted by molar-refractivity contribution is 6.31. The van der Waals surface area contributed by atoms with Gasteiger partial charge >= 0.3 is 0 Å². The van der Waals surface area contributed by atoms with Gasteiger partial charge in [0, 0.05) is 29.9 Å². The van der Waals surface area contributed by atoms with Crippen LogP contribution in [0.15, 0.2) is 42.5 Å². The fourth-order valence-corrected chi connectivity index (χ4v) is 3.71. The van der Waals surface area contributed by atoms with Crippen LogP contribution in [0.4, 0.5) is 4.39 Å². The van der Waals surface area contributed by atoms with Crippen LogP contribution in [0.1, 0.15) is 30.8 Å². The number of nitrogens with zero attached hydrogens (tertiary/aromatic N) is 1. The van der Waals surface area contributed by atoms with Gasteiger partial charge in [-0.1, -0.05) is 23.7 Å². The molecule has 1 aliphatic rings. The van der Waals surface area contributed by atoms with E-state index in [-0.39, 0.29) is 23.2 Å². The van der Waals surface area contributed by atoms with Gasteiger partial charge in [-0.25, -0.2) is 9.37 Å². The number of benzene rings is 2. The second-order valence-electron chi connectivity index (χ2n) is 7.14. The topological polar surface area (TPSA) is 69.8 Å². The molecule has 0 aliphatic carbocycles. The first-order chi connectivity index (χ1) is 12.9. The van der Waals surface area contributed by atoms with E-state index in [0.717, 1.165) is 16.6 Å². The van der Waals surface area contributed by atoms with Crippen LogP contribution in [-0.4, -0.2) is 29.0 Å². The van der Waals surface area contributed by atoms with Crippen LogP contribution in [0.5, 0.6) is 0 Å². The van der Waals surface area contributed by atoms with Crippen LogP contribution in [0.3, 0.4) is 0 Å². The Hall–Kier alpha value is -2.44. The van der Waals surface area contributed by atoms with E-state index in [1.165, 1.54) is 12.1 Å². The Bertz CT molecular complexity index is 981. The summed E-state index contributed by atoms with van der Waals surface area (Å²) in [6.45, 7) is 3.29. The number of imidazole rings is 1. The highest BCUT2D eigenvalue weighted by Gasteiger charge is 2.40. The Morgan fingerprint density at radius 2 is 2.04 bits per heavy atom. The zero-order valence-electron chi connectivity index (χ0n) is 14.9. The number of hydrogen-bond donors (Lipinski definition) is 3. The van der Waals surface area contributed by atoms with Crippen LogP contribution >= 0.6 is 11.6 Å². The number of carbonyl (C=O) groups excluding carboxylic acids is 1. The second-order valence-corrected chi connectivity index (χ2v) is 7.58. The molecule has 2 heterocycles. The molecular weight excluding hydrogens is 367 g/mol. The summed E-state index contributed by atoms with van der Waals surface area (Å²) < 4.78 is 13.2. The van der Waals surface area contributed by atoms with Crippen molar-refractivity contribution in [2.75, 3.05) is 13.1 Å². The van der Waals surface area contributed by atoms with Crippen molar-refractivity contribution in [3.63, 3.8) is 0 Å². The molecule has 0 radical (unpaired) electrons. The third-order valence-corrected chi connectivity index (χ3v) is 5.37. The summed E-state index contributed by atoms with van der Waals surface area (Å²) in [6, 6.07) is 11.6. The second kappa shape index (κ2) is 6.94. The van der Waals surface area contributed by atoms with Crippen LogP contribution in [0, 0.1) is 5.82 Å². The molecule has 1 atom stereocenters. The minimum Gasteiger partial charge on any atom is -0.346 e. The maximum absolute atomic E-state index is 13.2. The molecule has 2 aromatic carbocycles. The predicted molar refractivity (Wildman–Crippen MR) is 103 cm³/mol. The molecule has 3 N–H and O–H groups in total. The number of hydrogen-bond acceptors (Lipinski definition) is 3. The van der Waals surface area contributed by atoms with Crippen molar-refractivity contribution in [1.82, 2.24) is 20.6 Å². The van der Waals surface area contributed by atoms with E-state index < -0.39 is 0 Å². The number of aromatic amines is 1. The number of fused-ring (bicyclic) bond motifs is 1. The normalized spacial score (nSPS) is 16.7. The van der Waals surface area contributed by atoms with Gasteiger partial charge in [-0.3, -0.25) is 4.79 Å². The number of halogens is 2. The monoisotopic (exact) mass is 386 g/mol. The van der Waals surface area contributed by atoms with Gasteiger partial charge in [0.2, 0.25) is 5.91 Å². The summed E-state index contributed by atoms with van der Waals surface area (Å²) in [7, 11) is 0. The lowest BCUT2D eigenvalue weighted by molar-refractivity contribution is -0.123. The third kappa shape index (κ3) is 3.55. The largest absolute Gasteiger partial charge is 0.346 e. The highest BCUT2D eigenvalue weighted by atomic mass is 35.5. The van der Waals surface area contributed by atoms with E-state index in [4.69, 9.17) is 11.6 Å². The summed E-state index contributed by atoms with van der Waals surface area (Å²) >= 11 is 6.01. The van der Waals surface area contributed by atoms with E-state index in [2.05, 4.69) is 20.6 Å². The van der Waals surface area contributed by atoms with Crippen molar-refractivity contribution >= 4 is 28.5 Å². The van der Waals surface area contributed by atoms with Gasteiger partial charge in [-0.05, 0) is 42.8 Å². The Balaban J connectivity index is 1.46. The molecule has 1 aliphatic heterocycles. The SMILES string of the molecule is CC(NC(=O)CC1(c2ccc(F)cc2)CNC1)c1nc2ccc(Cl)cc2[nH]1. The maximum atomic E-state index is 13.2. The van der Waals surface area contributed by atoms with E-state index >= 15 is 0 Å². The Kier molecular flexibility index (Phi) is 4.61. The average Bonchev–Trinajstić information content (AvgIpc) is 3.02. The molecule has 0 bridgehead atoms. The molecular formula is C20H20ClFN4O. The lowest BCUT2D eigenvalue weighted by atomic mass is 9.72. The molecule has 1 unspecified atom stereocenters. The van der Waals surface area contributed by atoms with Gasteiger partial charge in [0.15, 0.2) is 0 Å². The molecule has 0 saturated carbocycles. The molecule has 1 amide bonds. The zero-order valence-corrected chi connectivity index (χ0v) is 15.6. The first-order valence-corrected chi connectivity index (χ1v) is 9.24. The Morgan fingerprint density at radius 1 is 1.30 bits per heavy atom. The van der Waals surface area contributed by atoms with Crippen molar-refractivity contribution in [2.45, 2.75) is 24.8 Å². The van der Waals surface area contributed by atoms with Crippen molar-refractivity contribution < 1.29 is 9.18 Å². The van der Waals surface area contributed by atoms with Crippen LogP contribution in [0.2, 0.25) is 5.02 Å².